The van der Waals surface area contributed by atoms with Crippen LogP contribution in [0.2, 0.25) is 0 Å². The van der Waals surface area contributed by atoms with Crippen molar-refractivity contribution in [3.8, 4) is 4.90 Å². The quantitative estimate of drug-likeness (QED) is 0.0258. The first-order valence-corrected chi connectivity index (χ1v) is 40.7. The minimum Gasteiger partial charge on any atom is -0.743 e. The number of hydrogen-bond donors (Lipinski definition) is 3. The smallest absolute Gasteiger partial charge is 0.449 e. The maximum Gasteiger partial charge on any atom is 0.449 e. The summed E-state index contributed by atoms with van der Waals surface area (Å²) in [5.74, 6) is -12.0. The molecular formula is C82H113F7O19S2. The molecule has 28 heteroatoms. The molecule has 4 aromatic rings. The summed E-state index contributed by atoms with van der Waals surface area (Å²) in [6, 6.07) is 28.4. The number of esters is 6. The first-order chi connectivity index (χ1) is 50.2. The van der Waals surface area contributed by atoms with E-state index in [0.717, 1.165) is 38.5 Å². The lowest BCUT2D eigenvalue weighted by atomic mass is 9.37. The van der Waals surface area contributed by atoms with Crippen molar-refractivity contribution in [1.82, 2.24) is 0 Å². The van der Waals surface area contributed by atoms with Crippen molar-refractivity contribution in [3.63, 3.8) is 0 Å². The molecule has 8 saturated carbocycles. The number of hydrogen-bond acceptors (Lipinski definition) is 19. The zero-order valence-corrected chi connectivity index (χ0v) is 68.3. The van der Waals surface area contributed by atoms with Crippen LogP contribution in [0.3, 0.4) is 0 Å². The standard InChI is InChI=1S/C22H38O4.C20H30F2O7S.C18H13S.C12H17F5O4.C10H16O4/c1-8-17(2,3)16(23)26-22-11-15-9-20(13-22,18(4,5)24)12-21(10-15,14-22)19(6,7)25;1-5-17(3,4)15(23)29-19-9-13-6-14(10-19)8-18(7-13,11-19)16(24)28-12(2)20(21,22)30(25,26)27;1-2-8-14(9-3-1)19-17-12-6-4-10-15(17)16-11-5-7-13-18(16)19;1-5-8(2,3)7(18)21-9(4)6-20-11(19,10(9,13)14)12(15,16)17;1-4-10(2,3)9(12)14-7-5-8(11)13-6-7/h15,24-25H,8-14H2,1-7H3;12-14H,5-11H2,1-4H3,(H,25,26,27);1-13H;19H,5-6H2,1-4H3;7H,4-6H2,1-3H3/q;;+1;;/p-1. The van der Waals surface area contributed by atoms with Gasteiger partial charge in [-0.25, -0.2) is 8.42 Å². The number of aliphatic hydroxyl groups is 3. The Labute approximate surface area is 644 Å². The second-order valence-corrected chi connectivity index (χ2v) is 39.7. The van der Waals surface area contributed by atoms with Crippen LogP contribution in [-0.4, -0.2) is 141 Å². The van der Waals surface area contributed by atoms with Crippen LogP contribution in [0.1, 0.15) is 234 Å². The van der Waals surface area contributed by atoms with E-state index in [4.69, 9.17) is 23.7 Å². The van der Waals surface area contributed by atoms with E-state index in [9.17, 15) is 87.8 Å². The SMILES string of the molecule is CCC(C)(C)C(=O)OC1(C)COC(O)(C(F)(F)F)C1(F)F.CCC(C)(C)C(=O)OC12CC3CC(C(C)(C)O)(C1)CC(C(C)(C)O)(C3)C2.CCC(C)(C)C(=O)OC12CC3CC(C1)CC(C(=O)OC(C)C(F)(F)S(=O)(=O)[O-])(C3)C2.CCC(C)(C)C(=O)OC1COC(=O)C1.c1ccc(-[s+]2c3ccccc3c3ccccc32)cc1. The monoisotopic (exact) mass is 1600 g/mol. The van der Waals surface area contributed by atoms with E-state index in [1.165, 1.54) is 38.9 Å². The highest BCUT2D eigenvalue weighted by atomic mass is 32.2. The van der Waals surface area contributed by atoms with E-state index in [1.807, 2.05) is 76.2 Å². The van der Waals surface area contributed by atoms with Crippen LogP contribution in [0.5, 0.6) is 0 Å². The number of thiophene rings is 1. The van der Waals surface area contributed by atoms with Crippen LogP contribution < -0.4 is 0 Å². The number of fused-ring (bicyclic) bond motifs is 3. The van der Waals surface area contributed by atoms with Gasteiger partial charge in [-0.2, -0.15) is 30.7 Å². The van der Waals surface area contributed by atoms with Crippen LogP contribution in [0, 0.1) is 55.7 Å². The van der Waals surface area contributed by atoms with Crippen LogP contribution in [0.25, 0.3) is 25.1 Å². The maximum absolute atomic E-state index is 14.0. The van der Waals surface area contributed by atoms with Gasteiger partial charge in [-0.1, -0.05) is 70.2 Å². The van der Waals surface area contributed by atoms with Gasteiger partial charge in [0.2, 0.25) is 5.60 Å². The fourth-order valence-corrected chi connectivity index (χ4v) is 20.0. The van der Waals surface area contributed by atoms with E-state index in [2.05, 4.69) is 88.3 Å². The fourth-order valence-electron chi connectivity index (χ4n) is 17.2. The average Bonchev–Trinajstić information content (AvgIpc) is 0.911. The Bertz CT molecular complexity index is 4060. The number of rotatable bonds is 19. The summed E-state index contributed by atoms with van der Waals surface area (Å²) < 4.78 is 164. The van der Waals surface area contributed by atoms with E-state index in [1.54, 1.807) is 20.8 Å². The number of alkyl halides is 7. The highest BCUT2D eigenvalue weighted by Crippen LogP contribution is 2.73. The predicted octanol–water partition coefficient (Wildman–Crippen LogP) is 17.2. The first kappa shape index (κ1) is 89.5. The molecule has 10 fully saturated rings. The number of cyclic esters (lactones) is 1. The lowest BCUT2D eigenvalue weighted by Crippen LogP contribution is -2.70. The molecule has 3 N–H and O–H groups in total. The Kier molecular flexibility index (Phi) is 25.2. The van der Waals surface area contributed by atoms with Gasteiger partial charge in [-0.3, -0.25) is 28.8 Å². The summed E-state index contributed by atoms with van der Waals surface area (Å²) in [5, 5.41) is 29.4. The molecule has 19 nitrogen and oxygen atoms in total. The molecule has 3 heterocycles. The van der Waals surface area contributed by atoms with Crippen molar-refractivity contribution in [2.24, 2.45) is 55.7 Å². The third-order valence-corrected chi connectivity index (χ3v) is 28.8. The molecule has 0 amide bonds. The number of benzene rings is 3. The number of carbonyl (C=O) groups excluding carboxylic acids is 6. The molecule has 8 atom stereocenters. The molecule has 110 heavy (non-hydrogen) atoms. The van der Waals surface area contributed by atoms with Gasteiger partial charge in [0, 0.05) is 38.5 Å². The summed E-state index contributed by atoms with van der Waals surface area (Å²) in [6.07, 6.45) is 2.05. The zero-order valence-electron chi connectivity index (χ0n) is 66.7. The molecule has 0 radical (unpaired) electrons. The molecule has 3 aromatic carbocycles. The Balaban J connectivity index is 0.000000176. The molecule has 8 unspecified atom stereocenters. The molecule has 8 aliphatic carbocycles. The van der Waals surface area contributed by atoms with E-state index in [0.29, 0.717) is 71.1 Å². The maximum atomic E-state index is 14.0. The Morgan fingerprint density at radius 3 is 1.42 bits per heavy atom. The van der Waals surface area contributed by atoms with Gasteiger partial charge in [0.15, 0.2) is 30.5 Å². The summed E-state index contributed by atoms with van der Waals surface area (Å²) in [7, 11) is -5.92. The van der Waals surface area contributed by atoms with Gasteiger partial charge < -0.3 is 53.0 Å². The lowest BCUT2D eigenvalue weighted by Gasteiger charge is -2.70. The Morgan fingerprint density at radius 1 is 0.591 bits per heavy atom. The van der Waals surface area contributed by atoms with Gasteiger partial charge in [-0.15, -0.1) is 0 Å². The van der Waals surface area contributed by atoms with Gasteiger partial charge in [0.05, 0.1) is 51.3 Å². The number of halogens is 7. The largest absolute Gasteiger partial charge is 0.743 e. The molecule has 8 bridgehead atoms. The van der Waals surface area contributed by atoms with E-state index < -0.39 is 113 Å². The van der Waals surface area contributed by atoms with Crippen molar-refractivity contribution in [3.05, 3.63) is 78.9 Å². The minimum atomic E-state index is -5.98. The van der Waals surface area contributed by atoms with Crippen LogP contribution in [0.15, 0.2) is 78.9 Å². The minimum absolute atomic E-state index is 0.0594. The normalized spacial score (nSPS) is 29.9. The average molecular weight is 1600 g/mol. The van der Waals surface area contributed by atoms with Gasteiger partial charge in [0.25, 0.3) is 0 Å². The van der Waals surface area contributed by atoms with E-state index >= 15 is 0 Å². The summed E-state index contributed by atoms with van der Waals surface area (Å²) in [6.45, 7) is 29.1. The third kappa shape index (κ3) is 17.5. The number of carbonyl (C=O) groups is 6. The van der Waals surface area contributed by atoms with Crippen molar-refractivity contribution in [1.29, 1.82) is 0 Å². The highest BCUT2D eigenvalue weighted by Gasteiger charge is 2.83. The number of ether oxygens (including phenoxy) is 7. The fraction of sp³-hybridized carbons (Fsp3) is 0.707. The summed E-state index contributed by atoms with van der Waals surface area (Å²) in [4.78, 5) is 74.2. The predicted molar refractivity (Wildman–Crippen MR) is 397 cm³/mol. The molecule has 616 valence electrons. The molecule has 14 rings (SSSR count). The third-order valence-electron chi connectivity index (χ3n) is 25.4. The molecule has 1 aromatic heterocycles. The second-order valence-electron chi connectivity index (χ2n) is 36.2. The molecular weight excluding hydrogens is 1490 g/mol. The molecule has 0 spiro atoms. The Hall–Kier alpha value is -6.04. The van der Waals surface area contributed by atoms with Crippen molar-refractivity contribution in [2.75, 3.05) is 13.2 Å². The first-order valence-electron chi connectivity index (χ1n) is 38.1. The van der Waals surface area contributed by atoms with Crippen molar-refractivity contribution >= 4 is 76.6 Å². The molecule has 10 aliphatic rings. The summed E-state index contributed by atoms with van der Waals surface area (Å²) in [5.41, 5.74) is -10.6. The molecule has 2 saturated heterocycles. The summed E-state index contributed by atoms with van der Waals surface area (Å²) >= 11 is 0. The molecule has 2 aliphatic heterocycles. The topological polar surface area (TPSA) is 285 Å². The van der Waals surface area contributed by atoms with Crippen LogP contribution in [0.4, 0.5) is 30.7 Å². The van der Waals surface area contributed by atoms with Crippen molar-refractivity contribution in [2.45, 2.75) is 297 Å². The van der Waals surface area contributed by atoms with Gasteiger partial charge in [0.1, 0.15) is 23.9 Å². The Morgan fingerprint density at radius 2 is 1.01 bits per heavy atom. The lowest BCUT2D eigenvalue weighted by molar-refractivity contribution is -0.409. The highest BCUT2D eigenvalue weighted by molar-refractivity contribution is 7.86. The second kappa shape index (κ2) is 31.0. The van der Waals surface area contributed by atoms with Crippen molar-refractivity contribution < 1.29 is 121 Å². The van der Waals surface area contributed by atoms with Gasteiger partial charge >= 0.3 is 59.0 Å². The van der Waals surface area contributed by atoms with Crippen LogP contribution in [-0.2, 0) is 72.0 Å². The van der Waals surface area contributed by atoms with E-state index in [-0.39, 0.29) is 89.0 Å². The zero-order chi connectivity index (χ0) is 82.9. The van der Waals surface area contributed by atoms with Crippen LogP contribution >= 0.6 is 10.5 Å². The van der Waals surface area contributed by atoms with Gasteiger partial charge in [-0.05, 0) is 247 Å².